The van der Waals surface area contributed by atoms with Gasteiger partial charge in [-0.3, -0.25) is 4.40 Å². The van der Waals surface area contributed by atoms with Crippen molar-refractivity contribution in [2.24, 2.45) is 0 Å². The Bertz CT molecular complexity index is 848. The Balaban J connectivity index is 1.88. The molecule has 0 saturated heterocycles. The summed E-state index contributed by atoms with van der Waals surface area (Å²) in [4.78, 5) is 6.75. The Hall–Kier alpha value is -1.75. The number of benzene rings is 1. The highest BCUT2D eigenvalue weighted by Crippen LogP contribution is 2.33. The van der Waals surface area contributed by atoms with Crippen LogP contribution in [-0.2, 0) is 12.8 Å². The predicted octanol–water partition coefficient (Wildman–Crippen LogP) is 4.53. The molecule has 0 aliphatic heterocycles. The number of aryl methyl sites for hydroxylation is 3. The molecular formula is C16H14F2N2S. The van der Waals surface area contributed by atoms with Crippen LogP contribution in [0.4, 0.5) is 8.78 Å². The maximum atomic E-state index is 14.1. The van der Waals surface area contributed by atoms with E-state index in [0.29, 0.717) is 11.3 Å². The van der Waals surface area contributed by atoms with Gasteiger partial charge in [-0.2, -0.15) is 0 Å². The number of nitrogens with zero attached hydrogens (tertiary/aromatic N) is 2. The number of aromatic nitrogens is 2. The number of thiazole rings is 1. The fraction of sp³-hybridized carbons (Fsp3) is 0.312. The van der Waals surface area contributed by atoms with Crippen molar-refractivity contribution in [2.75, 3.05) is 0 Å². The number of hydrogen-bond donors (Lipinski definition) is 0. The summed E-state index contributed by atoms with van der Waals surface area (Å²) in [7, 11) is 0. The second-order valence-corrected chi connectivity index (χ2v) is 6.60. The van der Waals surface area contributed by atoms with Gasteiger partial charge in [0.25, 0.3) is 0 Å². The predicted molar refractivity (Wildman–Crippen MR) is 79.8 cm³/mol. The summed E-state index contributed by atoms with van der Waals surface area (Å²) >= 11 is 1.66. The van der Waals surface area contributed by atoms with Crippen molar-refractivity contribution < 1.29 is 8.78 Å². The van der Waals surface area contributed by atoms with E-state index in [-0.39, 0.29) is 5.56 Å². The minimum atomic E-state index is -0.423. The highest BCUT2D eigenvalue weighted by Gasteiger charge is 2.19. The van der Waals surface area contributed by atoms with E-state index < -0.39 is 11.6 Å². The summed E-state index contributed by atoms with van der Waals surface area (Å²) < 4.78 is 29.8. The smallest absolute Gasteiger partial charge is 0.194 e. The van der Waals surface area contributed by atoms with E-state index >= 15 is 0 Å². The summed E-state index contributed by atoms with van der Waals surface area (Å²) in [5.41, 5.74) is 2.34. The average molecular weight is 304 g/mol. The summed E-state index contributed by atoms with van der Waals surface area (Å²) in [5, 5.41) is 0. The largest absolute Gasteiger partial charge is 0.294 e. The van der Waals surface area contributed by atoms with Gasteiger partial charge in [-0.25, -0.2) is 13.8 Å². The molecule has 2 heterocycles. The van der Waals surface area contributed by atoms with E-state index in [9.17, 15) is 8.78 Å². The van der Waals surface area contributed by atoms with Gasteiger partial charge >= 0.3 is 0 Å². The number of halogens is 2. The van der Waals surface area contributed by atoms with Crippen molar-refractivity contribution in [3.05, 3.63) is 46.1 Å². The lowest BCUT2D eigenvalue weighted by Crippen LogP contribution is -2.01. The van der Waals surface area contributed by atoms with Gasteiger partial charge < -0.3 is 0 Å². The van der Waals surface area contributed by atoms with E-state index in [1.807, 2.05) is 10.6 Å². The number of hydrogen-bond acceptors (Lipinski definition) is 2. The second kappa shape index (κ2) is 4.63. The van der Waals surface area contributed by atoms with Gasteiger partial charge in [-0.15, -0.1) is 11.3 Å². The Morgan fingerprint density at radius 1 is 1.14 bits per heavy atom. The van der Waals surface area contributed by atoms with Crippen LogP contribution in [0.15, 0.2) is 18.3 Å². The number of fused-ring (bicyclic) bond motifs is 3. The van der Waals surface area contributed by atoms with Crippen LogP contribution in [0.1, 0.15) is 29.0 Å². The molecule has 0 saturated carbocycles. The van der Waals surface area contributed by atoms with Crippen molar-refractivity contribution in [1.82, 2.24) is 9.38 Å². The lowest BCUT2D eigenvalue weighted by Gasteiger charge is -2.09. The molecule has 5 heteroatoms. The summed E-state index contributed by atoms with van der Waals surface area (Å²) in [6.07, 6.45) is 6.38. The van der Waals surface area contributed by atoms with E-state index in [1.165, 1.54) is 35.5 Å². The first-order chi connectivity index (χ1) is 10.1. The van der Waals surface area contributed by atoms with Crippen LogP contribution in [-0.4, -0.2) is 9.38 Å². The molecular weight excluding hydrogens is 290 g/mol. The maximum absolute atomic E-state index is 14.1. The van der Waals surface area contributed by atoms with Gasteiger partial charge in [-0.1, -0.05) is 0 Å². The van der Waals surface area contributed by atoms with Crippen LogP contribution >= 0.6 is 11.3 Å². The molecule has 1 aliphatic rings. The first-order valence-electron chi connectivity index (χ1n) is 7.09. The molecule has 0 unspecified atom stereocenters. The molecule has 2 nitrogen and oxygen atoms in total. The minimum Gasteiger partial charge on any atom is -0.294 e. The highest BCUT2D eigenvalue weighted by molar-refractivity contribution is 7.17. The second-order valence-electron chi connectivity index (χ2n) is 5.54. The molecule has 0 spiro atoms. The zero-order valence-corrected chi connectivity index (χ0v) is 12.4. The molecule has 108 valence electrons. The Labute approximate surface area is 125 Å². The first kappa shape index (κ1) is 13.0. The summed E-state index contributed by atoms with van der Waals surface area (Å²) in [6.45, 7) is 1.56. The van der Waals surface area contributed by atoms with Crippen LogP contribution in [0.2, 0.25) is 0 Å². The molecule has 2 aromatic heterocycles. The topological polar surface area (TPSA) is 17.3 Å². The molecule has 1 aromatic carbocycles. The minimum absolute atomic E-state index is 0.235. The summed E-state index contributed by atoms with van der Waals surface area (Å²) in [6, 6.07) is 2.47. The SMILES string of the molecule is Cc1cc(F)c(-c2cn3c4c(sc3n2)CCCC4)cc1F. The number of rotatable bonds is 1. The maximum Gasteiger partial charge on any atom is 0.194 e. The van der Waals surface area contributed by atoms with Gasteiger partial charge in [0.05, 0.1) is 5.69 Å². The third kappa shape index (κ3) is 1.99. The zero-order valence-electron chi connectivity index (χ0n) is 11.6. The third-order valence-electron chi connectivity index (χ3n) is 4.09. The first-order valence-corrected chi connectivity index (χ1v) is 7.91. The van der Waals surface area contributed by atoms with Crippen molar-refractivity contribution in [3.63, 3.8) is 0 Å². The van der Waals surface area contributed by atoms with E-state index in [1.54, 1.807) is 18.3 Å². The number of imidazole rings is 1. The van der Waals surface area contributed by atoms with Crippen molar-refractivity contribution in [2.45, 2.75) is 32.6 Å². The summed E-state index contributed by atoms with van der Waals surface area (Å²) in [5.74, 6) is -0.821. The molecule has 21 heavy (non-hydrogen) atoms. The lowest BCUT2D eigenvalue weighted by atomic mass is 10.0. The average Bonchev–Trinajstić information content (AvgIpc) is 3.00. The zero-order chi connectivity index (χ0) is 14.6. The molecule has 0 bridgehead atoms. The van der Waals surface area contributed by atoms with Crippen LogP contribution in [0.3, 0.4) is 0 Å². The Kier molecular flexibility index (Phi) is 2.85. The van der Waals surface area contributed by atoms with Crippen molar-refractivity contribution in [1.29, 1.82) is 0 Å². The standard InChI is InChI=1S/C16H14F2N2S/c1-9-6-12(18)10(7-11(9)17)13-8-20-14-4-2-3-5-15(14)21-16(20)19-13/h6-8H,2-5H2,1H3. The third-order valence-corrected chi connectivity index (χ3v) is 5.25. The van der Waals surface area contributed by atoms with Crippen LogP contribution in [0, 0.1) is 18.6 Å². The Morgan fingerprint density at radius 3 is 2.81 bits per heavy atom. The normalized spacial score (nSPS) is 14.6. The van der Waals surface area contributed by atoms with Crippen molar-refractivity contribution >= 4 is 16.3 Å². The molecule has 0 radical (unpaired) electrons. The van der Waals surface area contributed by atoms with Crippen molar-refractivity contribution in [3.8, 4) is 11.3 Å². The molecule has 3 aromatic rings. The van der Waals surface area contributed by atoms with Crippen LogP contribution in [0.25, 0.3) is 16.2 Å². The van der Waals surface area contributed by atoms with E-state index in [0.717, 1.165) is 17.8 Å². The molecule has 1 aliphatic carbocycles. The molecule has 0 N–H and O–H groups in total. The van der Waals surface area contributed by atoms with Gasteiger partial charge in [0.2, 0.25) is 0 Å². The molecule has 0 atom stereocenters. The monoisotopic (exact) mass is 304 g/mol. The van der Waals surface area contributed by atoms with Gasteiger partial charge in [0.15, 0.2) is 4.96 Å². The fourth-order valence-electron chi connectivity index (χ4n) is 2.94. The van der Waals surface area contributed by atoms with Gasteiger partial charge in [0.1, 0.15) is 11.6 Å². The highest BCUT2D eigenvalue weighted by atomic mass is 32.1. The molecule has 0 fully saturated rings. The quantitative estimate of drug-likeness (QED) is 0.645. The van der Waals surface area contributed by atoms with E-state index in [4.69, 9.17) is 0 Å². The molecule has 4 rings (SSSR count). The van der Waals surface area contributed by atoms with Crippen LogP contribution in [0.5, 0.6) is 0 Å². The Morgan fingerprint density at radius 2 is 1.95 bits per heavy atom. The van der Waals surface area contributed by atoms with E-state index in [2.05, 4.69) is 4.98 Å². The van der Waals surface area contributed by atoms with Gasteiger partial charge in [-0.05, 0) is 50.3 Å². The lowest BCUT2D eigenvalue weighted by molar-refractivity contribution is 0.595. The molecule has 0 amide bonds. The van der Waals surface area contributed by atoms with Crippen LogP contribution < -0.4 is 0 Å². The van der Waals surface area contributed by atoms with Gasteiger partial charge in [0, 0.05) is 22.3 Å². The fourth-order valence-corrected chi connectivity index (χ4v) is 4.13.